The van der Waals surface area contributed by atoms with Gasteiger partial charge in [0.15, 0.2) is 6.04 Å². The van der Waals surface area contributed by atoms with Gasteiger partial charge in [-0.1, -0.05) is 57.5 Å². The Morgan fingerprint density at radius 3 is 2.60 bits per heavy atom. The molecule has 2 rings (SSSR count). The van der Waals surface area contributed by atoms with Crippen LogP contribution in [0.2, 0.25) is 0 Å². The normalized spacial score (nSPS) is 11.8. The van der Waals surface area contributed by atoms with Gasteiger partial charge >= 0.3 is 0 Å². The fourth-order valence-electron chi connectivity index (χ4n) is 2.78. The highest BCUT2D eigenvalue weighted by molar-refractivity contribution is 5.80. The molecule has 0 unspecified atom stereocenters. The van der Waals surface area contributed by atoms with Gasteiger partial charge in [0, 0.05) is 6.54 Å². The van der Waals surface area contributed by atoms with Gasteiger partial charge in [0.1, 0.15) is 12.4 Å². The van der Waals surface area contributed by atoms with Gasteiger partial charge in [-0.3, -0.25) is 4.79 Å². The minimum atomic E-state index is -0.156. The fourth-order valence-corrected chi connectivity index (χ4v) is 2.78. The quantitative estimate of drug-likeness (QED) is 0.434. The largest absolute Gasteiger partial charge is 1.00 e. The van der Waals surface area contributed by atoms with Crippen LogP contribution in [0.4, 0.5) is 0 Å². The smallest absolute Gasteiger partial charge is 0.265 e. The van der Waals surface area contributed by atoms with Crippen LogP contribution in [0.1, 0.15) is 51.6 Å². The van der Waals surface area contributed by atoms with Crippen LogP contribution >= 0.6 is 0 Å². The lowest BCUT2D eigenvalue weighted by atomic mass is 10.0. The zero-order valence-corrected chi connectivity index (χ0v) is 17.6. The maximum absolute atomic E-state index is 12.7. The molecule has 2 aromatic rings. The third kappa shape index (κ3) is 7.18. The SMILES string of the molecule is CCCC[n+]1ccn([C@@H](CC(C)C)C(=O)NCc2ccccc2)c1.[I-]. The first-order valence-electron chi connectivity index (χ1n) is 8.98. The molecule has 25 heavy (non-hydrogen) atoms. The van der Waals surface area contributed by atoms with Crippen LogP contribution in [0.3, 0.4) is 0 Å². The second kappa shape index (κ2) is 11.3. The van der Waals surface area contributed by atoms with Crippen molar-refractivity contribution < 1.29 is 33.3 Å². The van der Waals surface area contributed by atoms with Crippen LogP contribution in [0.15, 0.2) is 49.1 Å². The zero-order valence-electron chi connectivity index (χ0n) is 15.5. The summed E-state index contributed by atoms with van der Waals surface area (Å²) in [7, 11) is 0. The maximum Gasteiger partial charge on any atom is 0.265 e. The van der Waals surface area contributed by atoms with Gasteiger partial charge in [-0.05, 0) is 24.3 Å². The van der Waals surface area contributed by atoms with Crippen LogP contribution in [0, 0.1) is 5.92 Å². The number of amides is 1. The van der Waals surface area contributed by atoms with Crippen molar-refractivity contribution in [2.24, 2.45) is 5.92 Å². The molecule has 1 atom stereocenters. The van der Waals surface area contributed by atoms with E-state index in [1.165, 1.54) is 6.42 Å². The number of carbonyl (C=O) groups excluding carboxylic acids is 1. The number of hydrogen-bond donors (Lipinski definition) is 1. The number of aryl methyl sites for hydroxylation is 1. The minimum Gasteiger partial charge on any atom is -1.00 e. The van der Waals surface area contributed by atoms with Crippen molar-refractivity contribution in [3.63, 3.8) is 0 Å². The Morgan fingerprint density at radius 2 is 1.96 bits per heavy atom. The number of halogens is 1. The van der Waals surface area contributed by atoms with E-state index in [-0.39, 0.29) is 35.9 Å². The molecule has 1 heterocycles. The molecular weight excluding hydrogens is 425 g/mol. The molecule has 0 aliphatic carbocycles. The number of imidazole rings is 1. The number of hydrogen-bond acceptors (Lipinski definition) is 1. The van der Waals surface area contributed by atoms with Crippen LogP contribution < -0.4 is 33.9 Å². The van der Waals surface area contributed by atoms with Gasteiger partial charge < -0.3 is 29.3 Å². The highest BCUT2D eigenvalue weighted by atomic mass is 127. The lowest BCUT2D eigenvalue weighted by Gasteiger charge is -2.16. The summed E-state index contributed by atoms with van der Waals surface area (Å²) in [5, 5.41) is 3.09. The molecule has 0 aliphatic rings. The number of benzene rings is 1. The molecule has 1 amide bonds. The molecule has 0 bridgehead atoms. The van der Waals surface area contributed by atoms with Gasteiger partial charge in [0.25, 0.3) is 5.91 Å². The molecule has 1 aromatic carbocycles. The van der Waals surface area contributed by atoms with Crippen LogP contribution in [0.25, 0.3) is 0 Å². The average molecular weight is 455 g/mol. The first kappa shape index (κ1) is 21.7. The third-order valence-corrected chi connectivity index (χ3v) is 4.15. The molecule has 0 radical (unpaired) electrons. The van der Waals surface area contributed by atoms with Crippen LogP contribution in [0.5, 0.6) is 0 Å². The van der Waals surface area contributed by atoms with Crippen molar-refractivity contribution in [2.45, 2.75) is 59.2 Å². The second-order valence-electron chi connectivity index (χ2n) is 6.80. The predicted molar refractivity (Wildman–Crippen MR) is 96.3 cm³/mol. The zero-order chi connectivity index (χ0) is 17.4. The van der Waals surface area contributed by atoms with E-state index in [0.717, 1.165) is 24.9 Å². The molecule has 0 saturated heterocycles. The molecule has 1 aromatic heterocycles. The van der Waals surface area contributed by atoms with Gasteiger partial charge in [-0.2, -0.15) is 0 Å². The Kier molecular flexibility index (Phi) is 9.78. The number of nitrogens with one attached hydrogen (secondary N) is 1. The first-order valence-corrected chi connectivity index (χ1v) is 8.98. The molecule has 0 fully saturated rings. The summed E-state index contributed by atoms with van der Waals surface area (Å²) in [5.41, 5.74) is 1.12. The summed E-state index contributed by atoms with van der Waals surface area (Å²) in [6.45, 7) is 8.09. The fraction of sp³-hybridized carbons (Fsp3) is 0.500. The lowest BCUT2D eigenvalue weighted by molar-refractivity contribution is -0.696. The van der Waals surface area contributed by atoms with Crippen LogP contribution in [-0.2, 0) is 17.9 Å². The number of rotatable bonds is 9. The van der Waals surface area contributed by atoms with E-state index >= 15 is 0 Å². The number of unbranched alkanes of at least 4 members (excludes halogenated alkanes) is 1. The molecule has 1 N–H and O–H groups in total. The monoisotopic (exact) mass is 455 g/mol. The van der Waals surface area contributed by atoms with Crippen molar-refractivity contribution in [3.05, 3.63) is 54.6 Å². The minimum absolute atomic E-state index is 0. The molecule has 5 heteroatoms. The molecule has 138 valence electrons. The second-order valence-corrected chi connectivity index (χ2v) is 6.80. The summed E-state index contributed by atoms with van der Waals surface area (Å²) in [5.74, 6) is 0.551. The standard InChI is InChI=1S/C20H29N3O.HI/c1-4-5-11-22-12-13-23(16-22)19(14-17(2)3)20(24)21-15-18-9-7-6-8-10-18;/h6-10,12-13,16-17,19H,4-5,11,14-15H2,1-3H3;1H/t19-;/m0./s1. The van der Waals surface area contributed by atoms with Crippen molar-refractivity contribution >= 4 is 5.91 Å². The molecule has 0 saturated carbocycles. The third-order valence-electron chi connectivity index (χ3n) is 4.15. The average Bonchev–Trinajstić information content (AvgIpc) is 3.05. The van der Waals surface area contributed by atoms with Crippen molar-refractivity contribution in [1.82, 2.24) is 9.88 Å². The van der Waals surface area contributed by atoms with Gasteiger partial charge in [-0.15, -0.1) is 0 Å². The Balaban J connectivity index is 0.00000312. The first-order chi connectivity index (χ1) is 11.6. The number of carbonyl (C=O) groups is 1. The van der Waals surface area contributed by atoms with E-state index in [0.29, 0.717) is 12.5 Å². The van der Waals surface area contributed by atoms with E-state index in [2.05, 4.69) is 47.7 Å². The van der Waals surface area contributed by atoms with Gasteiger partial charge in [-0.25, -0.2) is 9.13 Å². The highest BCUT2D eigenvalue weighted by Gasteiger charge is 2.26. The van der Waals surface area contributed by atoms with E-state index in [9.17, 15) is 4.79 Å². The number of nitrogens with zero attached hydrogens (tertiary/aromatic N) is 2. The Labute approximate surface area is 168 Å². The summed E-state index contributed by atoms with van der Waals surface area (Å²) < 4.78 is 4.22. The van der Waals surface area contributed by atoms with Gasteiger partial charge in [0.05, 0.1) is 6.54 Å². The Morgan fingerprint density at radius 1 is 1.24 bits per heavy atom. The van der Waals surface area contributed by atoms with E-state index in [1.807, 2.05) is 36.5 Å². The van der Waals surface area contributed by atoms with Crippen molar-refractivity contribution in [2.75, 3.05) is 0 Å². The van der Waals surface area contributed by atoms with E-state index < -0.39 is 0 Å². The lowest BCUT2D eigenvalue weighted by Crippen LogP contribution is -3.00. The molecule has 0 spiro atoms. The Bertz CT molecular complexity index is 625. The van der Waals surface area contributed by atoms with Crippen LogP contribution in [-0.4, -0.2) is 10.5 Å². The predicted octanol–water partition coefficient (Wildman–Crippen LogP) is 0.483. The highest BCUT2D eigenvalue weighted by Crippen LogP contribution is 2.17. The molecule has 4 nitrogen and oxygen atoms in total. The summed E-state index contributed by atoms with van der Waals surface area (Å²) in [6, 6.07) is 9.89. The molecular formula is C20H30IN3O. The number of aromatic nitrogens is 2. The summed E-state index contributed by atoms with van der Waals surface area (Å²) in [4.78, 5) is 12.7. The van der Waals surface area contributed by atoms with Crippen molar-refractivity contribution in [1.29, 1.82) is 0 Å². The van der Waals surface area contributed by atoms with E-state index in [1.54, 1.807) is 0 Å². The molecule has 0 aliphatic heterocycles. The topological polar surface area (TPSA) is 37.9 Å². The van der Waals surface area contributed by atoms with E-state index in [4.69, 9.17) is 0 Å². The maximum atomic E-state index is 12.7. The Hall–Kier alpha value is -1.37. The van der Waals surface area contributed by atoms with Gasteiger partial charge in [0.2, 0.25) is 6.33 Å². The summed E-state index contributed by atoms with van der Waals surface area (Å²) >= 11 is 0. The van der Waals surface area contributed by atoms with Crippen molar-refractivity contribution in [3.8, 4) is 0 Å². The summed E-state index contributed by atoms with van der Waals surface area (Å²) in [6.07, 6.45) is 9.31.